The maximum absolute atomic E-state index is 12.1. The maximum Gasteiger partial charge on any atom is 0.259 e. The topological polar surface area (TPSA) is 86.9 Å². The van der Waals surface area contributed by atoms with Crippen LogP contribution in [-0.2, 0) is 11.2 Å². The fourth-order valence-electron chi connectivity index (χ4n) is 2.48. The Morgan fingerprint density at radius 1 is 1.50 bits per heavy atom. The Hall–Kier alpha value is -1.99. The minimum Gasteiger partial charge on any atom is -0.354 e. The van der Waals surface area contributed by atoms with Crippen LogP contribution in [-0.4, -0.2) is 35.0 Å². The van der Waals surface area contributed by atoms with E-state index in [0.29, 0.717) is 24.2 Å². The summed E-state index contributed by atoms with van der Waals surface area (Å²) in [5, 5.41) is 6.57. The minimum absolute atomic E-state index is 0.0556. The Balaban J connectivity index is 1.68. The second kappa shape index (κ2) is 6.02. The van der Waals surface area contributed by atoms with Gasteiger partial charge >= 0.3 is 0 Å². The highest BCUT2D eigenvalue weighted by Gasteiger charge is 2.17. The summed E-state index contributed by atoms with van der Waals surface area (Å²) in [4.78, 5) is 33.2. The van der Waals surface area contributed by atoms with Crippen LogP contribution in [0.5, 0.6) is 0 Å². The molecule has 0 aromatic carbocycles. The smallest absolute Gasteiger partial charge is 0.259 e. The number of carbonyl (C=O) groups excluding carboxylic acids is 1. The molecule has 2 aromatic heterocycles. The Morgan fingerprint density at radius 2 is 2.32 bits per heavy atom. The normalized spacial score (nSPS) is 17.3. The molecule has 116 valence electrons. The number of hydrogen-bond donors (Lipinski definition) is 3. The summed E-state index contributed by atoms with van der Waals surface area (Å²) < 4.78 is 0. The molecule has 0 spiro atoms. The van der Waals surface area contributed by atoms with Crippen LogP contribution in [0.3, 0.4) is 0 Å². The predicted octanol–water partition coefficient (Wildman–Crippen LogP) is 0.788. The van der Waals surface area contributed by atoms with E-state index in [-0.39, 0.29) is 17.5 Å². The molecular formula is C15H18N4O2S. The minimum atomic E-state index is -0.253. The summed E-state index contributed by atoms with van der Waals surface area (Å²) in [7, 11) is 0. The molecule has 0 unspecified atom stereocenters. The number of hydrogen-bond acceptors (Lipinski definition) is 5. The molecule has 1 amide bonds. The molecule has 6 nitrogen and oxygen atoms in total. The van der Waals surface area contributed by atoms with Crippen molar-refractivity contribution in [3.8, 4) is 0 Å². The fraction of sp³-hybridized carbons (Fsp3) is 0.400. The highest BCUT2D eigenvalue weighted by Crippen LogP contribution is 2.25. The van der Waals surface area contributed by atoms with Crippen LogP contribution in [0.25, 0.3) is 10.2 Å². The number of amides is 1. The number of aromatic nitrogens is 2. The van der Waals surface area contributed by atoms with Gasteiger partial charge in [-0.1, -0.05) is 12.2 Å². The molecule has 0 radical (unpaired) electrons. The third-order valence-electron chi connectivity index (χ3n) is 3.82. The molecule has 3 rings (SSSR count). The number of thiophene rings is 1. The van der Waals surface area contributed by atoms with Gasteiger partial charge in [0, 0.05) is 24.4 Å². The van der Waals surface area contributed by atoms with E-state index < -0.39 is 0 Å². The fourth-order valence-corrected chi connectivity index (χ4v) is 3.53. The Labute approximate surface area is 131 Å². The zero-order chi connectivity index (χ0) is 15.7. The van der Waals surface area contributed by atoms with Crippen molar-refractivity contribution < 1.29 is 4.79 Å². The van der Waals surface area contributed by atoms with Crippen molar-refractivity contribution in [3.05, 3.63) is 38.8 Å². The Bertz CT molecular complexity index is 806. The first-order valence-electron chi connectivity index (χ1n) is 7.23. The molecule has 0 saturated carbocycles. The number of fused-ring (bicyclic) bond motifs is 1. The molecule has 0 bridgehead atoms. The molecule has 2 aromatic rings. The van der Waals surface area contributed by atoms with Gasteiger partial charge in [0.1, 0.15) is 16.7 Å². The standard InChI is InChI=1S/C15H18N4O2S/c1-8-9(2)22-15-12(8)14(21)18-11(19-15)5-7-17-13(20)10-4-3-6-16-10/h3-4,10,16H,5-7H2,1-2H3,(H,17,20)(H,18,19,21)/t10-/m1/s1. The second-order valence-corrected chi connectivity index (χ2v) is 6.53. The first-order valence-corrected chi connectivity index (χ1v) is 8.04. The molecule has 0 saturated heterocycles. The molecule has 3 N–H and O–H groups in total. The van der Waals surface area contributed by atoms with Crippen molar-refractivity contribution in [2.24, 2.45) is 0 Å². The van der Waals surface area contributed by atoms with Crippen LogP contribution >= 0.6 is 11.3 Å². The van der Waals surface area contributed by atoms with Gasteiger partial charge < -0.3 is 10.3 Å². The van der Waals surface area contributed by atoms with Crippen LogP contribution in [0.4, 0.5) is 0 Å². The van der Waals surface area contributed by atoms with Crippen LogP contribution in [0, 0.1) is 13.8 Å². The monoisotopic (exact) mass is 318 g/mol. The number of H-pyrrole nitrogens is 1. The van der Waals surface area contributed by atoms with Crippen LogP contribution < -0.4 is 16.2 Å². The number of carbonyl (C=O) groups is 1. The summed E-state index contributed by atoms with van der Waals surface area (Å²) in [6.45, 7) is 5.10. The van der Waals surface area contributed by atoms with E-state index in [9.17, 15) is 9.59 Å². The molecule has 3 heterocycles. The lowest BCUT2D eigenvalue weighted by atomic mass is 10.2. The van der Waals surface area contributed by atoms with Gasteiger partial charge in [0.25, 0.3) is 5.56 Å². The summed E-state index contributed by atoms with van der Waals surface area (Å²) in [6, 6.07) is -0.253. The van der Waals surface area contributed by atoms with Crippen LogP contribution in [0.2, 0.25) is 0 Å². The summed E-state index contributed by atoms with van der Waals surface area (Å²) in [5.41, 5.74) is 0.890. The zero-order valence-corrected chi connectivity index (χ0v) is 13.3. The number of aromatic amines is 1. The quantitative estimate of drug-likeness (QED) is 0.727. The van der Waals surface area contributed by atoms with Crippen LogP contribution in [0.15, 0.2) is 16.9 Å². The molecule has 7 heteroatoms. The van der Waals surface area contributed by atoms with Gasteiger partial charge in [-0.3, -0.25) is 14.9 Å². The average molecular weight is 318 g/mol. The largest absolute Gasteiger partial charge is 0.354 e. The van der Waals surface area contributed by atoms with E-state index in [2.05, 4.69) is 20.6 Å². The van der Waals surface area contributed by atoms with Gasteiger partial charge in [0.15, 0.2) is 0 Å². The summed E-state index contributed by atoms with van der Waals surface area (Å²) in [6.07, 6.45) is 4.28. The van der Waals surface area contributed by atoms with Crippen molar-refractivity contribution in [2.45, 2.75) is 26.3 Å². The van der Waals surface area contributed by atoms with Crippen molar-refractivity contribution in [1.82, 2.24) is 20.6 Å². The SMILES string of the molecule is Cc1sc2nc(CCNC(=O)[C@H]3C=CCN3)[nH]c(=O)c2c1C. The van der Waals surface area contributed by atoms with E-state index in [1.54, 1.807) is 0 Å². The Morgan fingerprint density at radius 3 is 3.05 bits per heavy atom. The number of aryl methyl sites for hydroxylation is 2. The van der Waals surface area contributed by atoms with Crippen LogP contribution in [0.1, 0.15) is 16.3 Å². The molecular weight excluding hydrogens is 300 g/mol. The zero-order valence-electron chi connectivity index (χ0n) is 12.5. The van der Waals surface area contributed by atoms with Gasteiger partial charge in [-0.05, 0) is 19.4 Å². The molecule has 0 aliphatic carbocycles. The first kappa shape index (κ1) is 14.9. The van der Waals surface area contributed by atoms with Gasteiger partial charge in [0.2, 0.25) is 5.91 Å². The van der Waals surface area contributed by atoms with Crippen molar-refractivity contribution >= 4 is 27.5 Å². The third-order valence-corrected chi connectivity index (χ3v) is 4.92. The van der Waals surface area contributed by atoms with E-state index in [1.807, 2.05) is 26.0 Å². The first-order chi connectivity index (χ1) is 10.6. The summed E-state index contributed by atoms with van der Waals surface area (Å²) in [5.74, 6) is 0.550. The van der Waals surface area contributed by atoms with E-state index in [0.717, 1.165) is 21.8 Å². The van der Waals surface area contributed by atoms with E-state index in [4.69, 9.17) is 0 Å². The lowest BCUT2D eigenvalue weighted by Gasteiger charge is -2.09. The third kappa shape index (κ3) is 2.82. The second-order valence-electron chi connectivity index (χ2n) is 5.33. The predicted molar refractivity (Wildman–Crippen MR) is 87.4 cm³/mol. The van der Waals surface area contributed by atoms with Crippen molar-refractivity contribution in [3.63, 3.8) is 0 Å². The van der Waals surface area contributed by atoms with Crippen molar-refractivity contribution in [1.29, 1.82) is 0 Å². The number of nitrogens with zero attached hydrogens (tertiary/aromatic N) is 1. The number of rotatable bonds is 4. The molecule has 22 heavy (non-hydrogen) atoms. The number of nitrogens with one attached hydrogen (secondary N) is 3. The lowest BCUT2D eigenvalue weighted by molar-refractivity contribution is -0.121. The van der Waals surface area contributed by atoms with Gasteiger partial charge in [-0.2, -0.15) is 0 Å². The summed E-state index contributed by atoms with van der Waals surface area (Å²) >= 11 is 1.53. The van der Waals surface area contributed by atoms with Gasteiger partial charge in [-0.15, -0.1) is 11.3 Å². The maximum atomic E-state index is 12.1. The highest BCUT2D eigenvalue weighted by atomic mass is 32.1. The molecule has 1 aliphatic rings. The van der Waals surface area contributed by atoms with Gasteiger partial charge in [-0.25, -0.2) is 4.98 Å². The molecule has 1 aliphatic heterocycles. The lowest BCUT2D eigenvalue weighted by Crippen LogP contribution is -2.41. The Kier molecular flexibility index (Phi) is 4.08. The van der Waals surface area contributed by atoms with E-state index in [1.165, 1.54) is 11.3 Å². The molecule has 0 fully saturated rings. The highest BCUT2D eigenvalue weighted by molar-refractivity contribution is 7.18. The van der Waals surface area contributed by atoms with E-state index >= 15 is 0 Å². The van der Waals surface area contributed by atoms with Crippen molar-refractivity contribution in [2.75, 3.05) is 13.1 Å². The van der Waals surface area contributed by atoms with Gasteiger partial charge in [0.05, 0.1) is 5.39 Å². The molecule has 1 atom stereocenters. The average Bonchev–Trinajstić information content (AvgIpc) is 3.08.